The summed E-state index contributed by atoms with van der Waals surface area (Å²) in [6, 6.07) is 6.45. The van der Waals surface area contributed by atoms with Crippen molar-refractivity contribution >= 4 is 15.9 Å². The van der Waals surface area contributed by atoms with E-state index >= 15 is 0 Å². The molecule has 0 unspecified atom stereocenters. The summed E-state index contributed by atoms with van der Waals surface area (Å²) < 4.78 is 14.7. The monoisotopic (exact) mass is 255 g/mol. The number of hydrogen-bond donors (Lipinski definition) is 0. The minimum atomic E-state index is -0.307. The second-order valence-corrected chi connectivity index (χ2v) is 3.30. The van der Waals surface area contributed by atoms with Gasteiger partial charge in [-0.3, -0.25) is 0 Å². The molecule has 0 bridgehead atoms. The van der Waals surface area contributed by atoms with Crippen molar-refractivity contribution in [2.45, 2.75) is 5.33 Å². The molecule has 0 fully saturated rings. The summed E-state index contributed by atoms with van der Waals surface area (Å²) >= 11 is 3.25. The van der Waals surface area contributed by atoms with E-state index in [0.29, 0.717) is 11.0 Å². The maximum atomic E-state index is 13.3. The van der Waals surface area contributed by atoms with Gasteiger partial charge in [-0.2, -0.15) is 0 Å². The highest BCUT2D eigenvalue weighted by Gasteiger charge is 2.05. The van der Waals surface area contributed by atoms with Crippen LogP contribution in [0.2, 0.25) is 0 Å². The van der Waals surface area contributed by atoms with Crippen molar-refractivity contribution in [2.75, 3.05) is 0 Å². The standard InChI is InChI=1S/C9H7BrFN3/c10-5-7-6-14(13-12-7)9-4-2-1-3-8(9)11/h1-4,6H,5H2. The summed E-state index contributed by atoms with van der Waals surface area (Å²) in [5.74, 6) is -0.307. The van der Waals surface area contributed by atoms with Crippen molar-refractivity contribution in [3.63, 3.8) is 0 Å². The van der Waals surface area contributed by atoms with E-state index in [2.05, 4.69) is 26.2 Å². The summed E-state index contributed by atoms with van der Waals surface area (Å²) in [4.78, 5) is 0. The van der Waals surface area contributed by atoms with Crippen molar-refractivity contribution in [2.24, 2.45) is 0 Å². The van der Waals surface area contributed by atoms with Gasteiger partial charge < -0.3 is 0 Å². The molecular formula is C9H7BrFN3. The van der Waals surface area contributed by atoms with Gasteiger partial charge in [0.15, 0.2) is 0 Å². The topological polar surface area (TPSA) is 30.7 Å². The minimum absolute atomic E-state index is 0.307. The van der Waals surface area contributed by atoms with Crippen LogP contribution >= 0.6 is 15.9 Å². The smallest absolute Gasteiger partial charge is 0.148 e. The number of hydrogen-bond acceptors (Lipinski definition) is 2. The fourth-order valence-corrected chi connectivity index (χ4v) is 1.37. The van der Waals surface area contributed by atoms with Crippen LogP contribution in [0.1, 0.15) is 5.69 Å². The Hall–Kier alpha value is -1.23. The SMILES string of the molecule is Fc1ccccc1-n1cc(CBr)nn1. The second kappa shape index (κ2) is 3.88. The Morgan fingerprint density at radius 1 is 1.36 bits per heavy atom. The van der Waals surface area contributed by atoms with Gasteiger partial charge in [0.2, 0.25) is 0 Å². The quantitative estimate of drug-likeness (QED) is 0.772. The van der Waals surface area contributed by atoms with Crippen LogP contribution in [0.15, 0.2) is 30.5 Å². The molecule has 1 heterocycles. The lowest BCUT2D eigenvalue weighted by Gasteiger charge is -1.99. The zero-order valence-electron chi connectivity index (χ0n) is 7.19. The maximum absolute atomic E-state index is 13.3. The van der Waals surface area contributed by atoms with E-state index < -0.39 is 0 Å². The van der Waals surface area contributed by atoms with Crippen molar-refractivity contribution < 1.29 is 4.39 Å². The van der Waals surface area contributed by atoms with Crippen LogP contribution in [0.25, 0.3) is 5.69 Å². The van der Waals surface area contributed by atoms with Crippen LogP contribution in [0.4, 0.5) is 4.39 Å². The molecular weight excluding hydrogens is 249 g/mol. The summed E-state index contributed by atoms with van der Waals surface area (Å²) in [6.45, 7) is 0. The number of aromatic nitrogens is 3. The summed E-state index contributed by atoms with van der Waals surface area (Å²) in [5.41, 5.74) is 1.18. The van der Waals surface area contributed by atoms with Crippen LogP contribution in [0.3, 0.4) is 0 Å². The molecule has 0 aliphatic carbocycles. The highest BCUT2D eigenvalue weighted by molar-refractivity contribution is 9.08. The minimum Gasteiger partial charge on any atom is -0.217 e. The molecule has 0 saturated heterocycles. The number of rotatable bonds is 2. The van der Waals surface area contributed by atoms with Crippen LogP contribution in [0, 0.1) is 5.82 Å². The first-order valence-electron chi connectivity index (χ1n) is 4.03. The van der Waals surface area contributed by atoms with Crippen molar-refractivity contribution in [1.29, 1.82) is 0 Å². The molecule has 0 radical (unpaired) electrons. The molecule has 2 rings (SSSR count). The molecule has 0 aliphatic heterocycles. The largest absolute Gasteiger partial charge is 0.217 e. The third kappa shape index (κ3) is 1.68. The highest BCUT2D eigenvalue weighted by Crippen LogP contribution is 2.12. The van der Waals surface area contributed by atoms with Gasteiger partial charge in [0.25, 0.3) is 0 Å². The third-order valence-corrected chi connectivity index (χ3v) is 2.35. The van der Waals surface area contributed by atoms with E-state index in [0.717, 1.165) is 5.69 Å². The van der Waals surface area contributed by atoms with Crippen LogP contribution in [-0.4, -0.2) is 15.0 Å². The van der Waals surface area contributed by atoms with E-state index in [1.54, 1.807) is 24.4 Å². The van der Waals surface area contributed by atoms with E-state index in [4.69, 9.17) is 0 Å². The Bertz CT molecular complexity index is 441. The van der Waals surface area contributed by atoms with E-state index in [-0.39, 0.29) is 5.82 Å². The third-order valence-electron chi connectivity index (χ3n) is 1.78. The Balaban J connectivity index is 2.44. The molecule has 0 amide bonds. The fraction of sp³-hybridized carbons (Fsp3) is 0.111. The Kier molecular flexibility index (Phi) is 2.58. The van der Waals surface area contributed by atoms with Crippen molar-refractivity contribution in [1.82, 2.24) is 15.0 Å². The zero-order valence-corrected chi connectivity index (χ0v) is 8.78. The molecule has 0 aliphatic rings. The zero-order chi connectivity index (χ0) is 9.97. The Labute approximate surface area is 88.7 Å². The van der Waals surface area contributed by atoms with Gasteiger partial charge in [0, 0.05) is 5.33 Å². The molecule has 0 spiro atoms. The molecule has 3 nitrogen and oxygen atoms in total. The predicted octanol–water partition coefficient (Wildman–Crippen LogP) is 2.30. The molecule has 5 heteroatoms. The lowest BCUT2D eigenvalue weighted by atomic mass is 10.3. The average molecular weight is 256 g/mol. The fourth-order valence-electron chi connectivity index (χ4n) is 1.11. The molecule has 0 atom stereocenters. The summed E-state index contributed by atoms with van der Waals surface area (Å²) in [7, 11) is 0. The van der Waals surface area contributed by atoms with Crippen molar-refractivity contribution in [3.8, 4) is 5.69 Å². The van der Waals surface area contributed by atoms with Crippen molar-refractivity contribution in [3.05, 3.63) is 42.0 Å². The number of para-hydroxylation sites is 1. The van der Waals surface area contributed by atoms with Crippen LogP contribution < -0.4 is 0 Å². The van der Waals surface area contributed by atoms with Crippen LogP contribution in [-0.2, 0) is 5.33 Å². The average Bonchev–Trinajstić information content (AvgIpc) is 2.67. The van der Waals surface area contributed by atoms with Crippen LogP contribution in [0.5, 0.6) is 0 Å². The van der Waals surface area contributed by atoms with Gasteiger partial charge >= 0.3 is 0 Å². The summed E-state index contributed by atoms with van der Waals surface area (Å²) in [5, 5.41) is 8.28. The van der Waals surface area contributed by atoms with Gasteiger partial charge in [0.05, 0.1) is 11.9 Å². The second-order valence-electron chi connectivity index (χ2n) is 2.74. The highest BCUT2D eigenvalue weighted by atomic mass is 79.9. The first kappa shape index (κ1) is 9.33. The molecule has 72 valence electrons. The van der Waals surface area contributed by atoms with E-state index in [1.165, 1.54) is 10.7 Å². The maximum Gasteiger partial charge on any atom is 0.148 e. The number of nitrogens with zero attached hydrogens (tertiary/aromatic N) is 3. The lowest BCUT2D eigenvalue weighted by molar-refractivity contribution is 0.607. The molecule has 14 heavy (non-hydrogen) atoms. The van der Waals surface area contributed by atoms with Gasteiger partial charge in [-0.25, -0.2) is 9.07 Å². The lowest BCUT2D eigenvalue weighted by Crippen LogP contribution is -1.97. The van der Waals surface area contributed by atoms with E-state index in [9.17, 15) is 4.39 Å². The number of benzene rings is 1. The molecule has 0 N–H and O–H groups in total. The van der Waals surface area contributed by atoms with Gasteiger partial charge in [-0.05, 0) is 12.1 Å². The molecule has 1 aromatic heterocycles. The first-order valence-corrected chi connectivity index (χ1v) is 5.15. The molecule has 1 aromatic carbocycles. The predicted molar refractivity (Wildman–Crippen MR) is 53.9 cm³/mol. The Morgan fingerprint density at radius 2 is 2.14 bits per heavy atom. The first-order chi connectivity index (χ1) is 6.81. The number of halogens is 2. The number of alkyl halides is 1. The van der Waals surface area contributed by atoms with Gasteiger partial charge in [-0.1, -0.05) is 33.3 Å². The van der Waals surface area contributed by atoms with Gasteiger partial charge in [0.1, 0.15) is 11.5 Å². The van der Waals surface area contributed by atoms with E-state index in [1.807, 2.05) is 0 Å². The Morgan fingerprint density at radius 3 is 2.79 bits per heavy atom. The summed E-state index contributed by atoms with van der Waals surface area (Å²) in [6.07, 6.45) is 1.69. The van der Waals surface area contributed by atoms with Gasteiger partial charge in [-0.15, -0.1) is 5.10 Å². The molecule has 2 aromatic rings. The normalized spacial score (nSPS) is 10.4. The molecule has 0 saturated carbocycles.